The molecular formula is C18H18O5. The van der Waals surface area contributed by atoms with Crippen LogP contribution in [0.3, 0.4) is 0 Å². The van der Waals surface area contributed by atoms with Gasteiger partial charge in [0, 0.05) is 17.7 Å². The molecule has 120 valence electrons. The summed E-state index contributed by atoms with van der Waals surface area (Å²) in [6.07, 6.45) is 0. The monoisotopic (exact) mass is 314 g/mol. The fourth-order valence-corrected chi connectivity index (χ4v) is 2.73. The zero-order chi connectivity index (χ0) is 16.4. The highest BCUT2D eigenvalue weighted by atomic mass is 16.5. The summed E-state index contributed by atoms with van der Waals surface area (Å²) in [5.41, 5.74) is 1.35. The first-order chi connectivity index (χ1) is 11.2. The molecule has 5 heteroatoms. The lowest BCUT2D eigenvalue weighted by Crippen LogP contribution is -2.26. The molecule has 1 atom stereocenters. The number of hydrogen-bond acceptors (Lipinski definition) is 5. The van der Waals surface area contributed by atoms with Gasteiger partial charge < -0.3 is 18.9 Å². The summed E-state index contributed by atoms with van der Waals surface area (Å²) < 4.78 is 21.5. The maximum Gasteiger partial charge on any atom is 0.177 e. The Bertz CT molecular complexity index is 738. The predicted octanol–water partition coefficient (Wildman–Crippen LogP) is 3.07. The number of ketones is 1. The van der Waals surface area contributed by atoms with Crippen LogP contribution in [0.25, 0.3) is 0 Å². The van der Waals surface area contributed by atoms with E-state index in [2.05, 4.69) is 0 Å². The SMILES string of the molecule is COc1ccc2c(c1)OCC(c1ccc(OC)cc1OC)C2=O. The van der Waals surface area contributed by atoms with E-state index in [-0.39, 0.29) is 12.4 Å². The van der Waals surface area contributed by atoms with Crippen molar-refractivity contribution >= 4 is 5.78 Å². The van der Waals surface area contributed by atoms with Crippen LogP contribution in [0.2, 0.25) is 0 Å². The maximum absolute atomic E-state index is 12.8. The molecule has 0 saturated carbocycles. The van der Waals surface area contributed by atoms with Crippen LogP contribution in [0.4, 0.5) is 0 Å². The molecule has 2 aromatic carbocycles. The molecular weight excluding hydrogens is 296 g/mol. The van der Waals surface area contributed by atoms with Gasteiger partial charge in [-0.1, -0.05) is 6.07 Å². The minimum Gasteiger partial charge on any atom is -0.497 e. The van der Waals surface area contributed by atoms with Crippen molar-refractivity contribution in [3.63, 3.8) is 0 Å². The minimum absolute atomic E-state index is 0.0115. The van der Waals surface area contributed by atoms with Crippen molar-refractivity contribution in [3.05, 3.63) is 47.5 Å². The molecule has 0 aromatic heterocycles. The molecule has 1 unspecified atom stereocenters. The second-order valence-electron chi connectivity index (χ2n) is 5.20. The van der Waals surface area contributed by atoms with Crippen molar-refractivity contribution in [2.75, 3.05) is 27.9 Å². The van der Waals surface area contributed by atoms with Crippen LogP contribution in [0, 0.1) is 0 Å². The lowest BCUT2D eigenvalue weighted by atomic mass is 9.88. The Morgan fingerprint density at radius 1 is 0.957 bits per heavy atom. The molecule has 0 aliphatic carbocycles. The lowest BCUT2D eigenvalue weighted by Gasteiger charge is -2.26. The molecule has 0 amide bonds. The second-order valence-corrected chi connectivity index (χ2v) is 5.20. The molecule has 0 N–H and O–H groups in total. The third-order valence-electron chi connectivity index (χ3n) is 3.99. The van der Waals surface area contributed by atoms with Crippen molar-refractivity contribution in [1.82, 2.24) is 0 Å². The molecule has 1 heterocycles. The van der Waals surface area contributed by atoms with E-state index in [9.17, 15) is 4.79 Å². The largest absolute Gasteiger partial charge is 0.497 e. The lowest BCUT2D eigenvalue weighted by molar-refractivity contribution is 0.0894. The van der Waals surface area contributed by atoms with Gasteiger partial charge in [0.05, 0.1) is 32.8 Å². The Balaban J connectivity index is 1.98. The number of methoxy groups -OCH3 is 3. The van der Waals surface area contributed by atoms with Gasteiger partial charge in [-0.25, -0.2) is 0 Å². The van der Waals surface area contributed by atoms with Crippen molar-refractivity contribution in [2.24, 2.45) is 0 Å². The van der Waals surface area contributed by atoms with Crippen LogP contribution in [-0.2, 0) is 0 Å². The fourth-order valence-electron chi connectivity index (χ4n) is 2.73. The number of hydrogen-bond donors (Lipinski definition) is 0. The molecule has 2 aromatic rings. The van der Waals surface area contributed by atoms with E-state index in [1.807, 2.05) is 12.1 Å². The summed E-state index contributed by atoms with van der Waals surface area (Å²) in [7, 11) is 4.75. The zero-order valence-corrected chi connectivity index (χ0v) is 13.3. The van der Waals surface area contributed by atoms with Crippen LogP contribution >= 0.6 is 0 Å². The highest BCUT2D eigenvalue weighted by molar-refractivity contribution is 6.04. The van der Waals surface area contributed by atoms with Gasteiger partial charge in [-0.2, -0.15) is 0 Å². The van der Waals surface area contributed by atoms with Gasteiger partial charge in [0.25, 0.3) is 0 Å². The molecule has 0 saturated heterocycles. The minimum atomic E-state index is -0.406. The standard InChI is InChI=1S/C18H18O5/c1-20-11-4-6-13(16(8-11)22-3)15-10-23-17-9-12(21-2)5-7-14(17)18(15)19/h4-9,15H,10H2,1-3H3. The first-order valence-electron chi connectivity index (χ1n) is 7.25. The van der Waals surface area contributed by atoms with Crippen molar-refractivity contribution in [2.45, 2.75) is 5.92 Å². The van der Waals surface area contributed by atoms with Crippen LogP contribution in [0.5, 0.6) is 23.0 Å². The highest BCUT2D eigenvalue weighted by Crippen LogP contribution is 2.38. The number of Topliss-reactive ketones (excluding diaryl/α,β-unsaturated/α-hetero) is 1. The van der Waals surface area contributed by atoms with E-state index in [0.717, 1.165) is 5.56 Å². The van der Waals surface area contributed by atoms with Gasteiger partial charge in [-0.15, -0.1) is 0 Å². The molecule has 1 aliphatic heterocycles. The van der Waals surface area contributed by atoms with Crippen molar-refractivity contribution in [3.8, 4) is 23.0 Å². The molecule has 3 rings (SSSR count). The smallest absolute Gasteiger partial charge is 0.177 e. The zero-order valence-electron chi connectivity index (χ0n) is 13.3. The molecule has 5 nitrogen and oxygen atoms in total. The Morgan fingerprint density at radius 2 is 1.65 bits per heavy atom. The normalized spacial score (nSPS) is 16.3. The number of rotatable bonds is 4. The number of fused-ring (bicyclic) bond motifs is 1. The molecule has 1 aliphatic rings. The molecule has 0 spiro atoms. The average molecular weight is 314 g/mol. The third kappa shape index (κ3) is 2.70. The first-order valence-corrected chi connectivity index (χ1v) is 7.25. The molecule has 0 bridgehead atoms. The van der Waals surface area contributed by atoms with Gasteiger partial charge in [-0.3, -0.25) is 4.79 Å². The molecule has 0 fully saturated rings. The van der Waals surface area contributed by atoms with Crippen molar-refractivity contribution < 1.29 is 23.7 Å². The van der Waals surface area contributed by atoms with Gasteiger partial charge in [0.2, 0.25) is 0 Å². The summed E-state index contributed by atoms with van der Waals surface area (Å²) in [5, 5.41) is 0. The first kappa shape index (κ1) is 15.2. The summed E-state index contributed by atoms with van der Waals surface area (Å²) in [6, 6.07) is 10.7. The number of ether oxygens (including phenoxy) is 4. The van der Waals surface area contributed by atoms with E-state index in [1.54, 1.807) is 45.6 Å². The van der Waals surface area contributed by atoms with E-state index < -0.39 is 5.92 Å². The topological polar surface area (TPSA) is 54.0 Å². The van der Waals surface area contributed by atoms with Gasteiger partial charge in [0.1, 0.15) is 29.6 Å². The predicted molar refractivity (Wildman–Crippen MR) is 85.1 cm³/mol. The summed E-state index contributed by atoms with van der Waals surface area (Å²) in [5.74, 6) is 2.12. The van der Waals surface area contributed by atoms with E-state index >= 15 is 0 Å². The van der Waals surface area contributed by atoms with Gasteiger partial charge in [0.15, 0.2) is 5.78 Å². The number of benzene rings is 2. The van der Waals surface area contributed by atoms with Gasteiger partial charge >= 0.3 is 0 Å². The average Bonchev–Trinajstić information content (AvgIpc) is 2.61. The van der Waals surface area contributed by atoms with Crippen LogP contribution in [0.1, 0.15) is 21.8 Å². The number of carbonyl (C=O) groups is 1. The maximum atomic E-state index is 12.8. The highest BCUT2D eigenvalue weighted by Gasteiger charge is 2.32. The Kier molecular flexibility index (Phi) is 4.10. The molecule has 0 radical (unpaired) electrons. The fraction of sp³-hybridized carbons (Fsp3) is 0.278. The third-order valence-corrected chi connectivity index (χ3v) is 3.99. The Labute approximate surface area is 134 Å². The van der Waals surface area contributed by atoms with Crippen LogP contribution in [-0.4, -0.2) is 33.7 Å². The van der Waals surface area contributed by atoms with Gasteiger partial charge in [-0.05, 0) is 18.2 Å². The Hall–Kier alpha value is -2.69. The van der Waals surface area contributed by atoms with E-state index in [0.29, 0.717) is 28.6 Å². The number of carbonyl (C=O) groups excluding carboxylic acids is 1. The summed E-state index contributed by atoms with van der Waals surface area (Å²) in [4.78, 5) is 12.8. The van der Waals surface area contributed by atoms with Crippen LogP contribution in [0.15, 0.2) is 36.4 Å². The summed E-state index contributed by atoms with van der Waals surface area (Å²) >= 11 is 0. The van der Waals surface area contributed by atoms with E-state index in [1.165, 1.54) is 0 Å². The van der Waals surface area contributed by atoms with Crippen molar-refractivity contribution in [1.29, 1.82) is 0 Å². The Morgan fingerprint density at radius 3 is 2.35 bits per heavy atom. The summed E-state index contributed by atoms with van der Waals surface area (Å²) in [6.45, 7) is 0.266. The quantitative estimate of drug-likeness (QED) is 0.868. The molecule has 23 heavy (non-hydrogen) atoms. The second kappa shape index (κ2) is 6.20. The van der Waals surface area contributed by atoms with E-state index in [4.69, 9.17) is 18.9 Å². The van der Waals surface area contributed by atoms with Crippen LogP contribution < -0.4 is 18.9 Å².